The van der Waals surface area contributed by atoms with E-state index in [2.05, 4.69) is 50.4 Å². The molecule has 1 aliphatic rings. The van der Waals surface area contributed by atoms with E-state index in [0.29, 0.717) is 0 Å². The van der Waals surface area contributed by atoms with Gasteiger partial charge in [0.15, 0.2) is 5.11 Å². The number of hydrogen-bond acceptors (Lipinski definition) is 5. The molecule has 182 valence electrons. The number of anilines is 2. The highest BCUT2D eigenvalue weighted by molar-refractivity contribution is 7.80. The fourth-order valence-corrected chi connectivity index (χ4v) is 4.91. The van der Waals surface area contributed by atoms with Crippen LogP contribution in [0.5, 0.6) is 0 Å². The van der Waals surface area contributed by atoms with Gasteiger partial charge in [-0.25, -0.2) is 15.0 Å². The summed E-state index contributed by atoms with van der Waals surface area (Å²) in [6, 6.07) is 32.5. The van der Waals surface area contributed by atoms with Crippen molar-refractivity contribution in [2.24, 2.45) is 0 Å². The van der Waals surface area contributed by atoms with E-state index >= 15 is 0 Å². The van der Waals surface area contributed by atoms with Crippen molar-refractivity contribution >= 4 is 39.9 Å². The van der Waals surface area contributed by atoms with E-state index < -0.39 is 0 Å². The molecule has 1 aliphatic heterocycles. The second-order valence-electron chi connectivity index (χ2n) is 8.95. The molecular formula is C30H26N6S. The summed E-state index contributed by atoms with van der Waals surface area (Å²) in [5.74, 6) is 1.01. The molecule has 2 aromatic heterocycles. The lowest BCUT2D eigenvalue weighted by Gasteiger charge is -2.36. The highest BCUT2D eigenvalue weighted by Crippen LogP contribution is 2.31. The third-order valence-corrected chi connectivity index (χ3v) is 6.91. The molecule has 0 amide bonds. The molecule has 0 saturated carbocycles. The lowest BCUT2D eigenvalue weighted by Crippen LogP contribution is -2.50. The number of thiocarbonyl (C=S) groups is 1. The van der Waals surface area contributed by atoms with Gasteiger partial charge in [0.05, 0.1) is 22.4 Å². The van der Waals surface area contributed by atoms with Gasteiger partial charge in [0.1, 0.15) is 5.82 Å². The average Bonchev–Trinajstić information content (AvgIpc) is 2.98. The fourth-order valence-electron chi connectivity index (χ4n) is 4.61. The molecule has 0 atom stereocenters. The van der Waals surface area contributed by atoms with Gasteiger partial charge < -0.3 is 15.1 Å². The Kier molecular flexibility index (Phi) is 6.44. The smallest absolute Gasteiger partial charge is 0.173 e. The molecule has 0 aliphatic carbocycles. The Morgan fingerprint density at radius 2 is 1.30 bits per heavy atom. The molecule has 0 bridgehead atoms. The van der Waals surface area contributed by atoms with Gasteiger partial charge in [-0.15, -0.1) is 0 Å². The van der Waals surface area contributed by atoms with E-state index in [4.69, 9.17) is 22.2 Å². The van der Waals surface area contributed by atoms with Gasteiger partial charge in [-0.2, -0.15) is 0 Å². The number of nitrogens with one attached hydrogen (secondary N) is 1. The number of pyridine rings is 1. The van der Waals surface area contributed by atoms with Gasteiger partial charge >= 0.3 is 0 Å². The molecule has 3 aromatic carbocycles. The van der Waals surface area contributed by atoms with Crippen LogP contribution in [0.3, 0.4) is 0 Å². The minimum Gasteiger partial charge on any atom is -0.353 e. The number of aromatic nitrogens is 3. The SMILES string of the molecule is S=C(Nc1ccc2nc(-c3ccccc3)c(-c3ccccc3)nc2c1)N1CCN(c2ccccn2)CC1. The topological polar surface area (TPSA) is 57.2 Å². The summed E-state index contributed by atoms with van der Waals surface area (Å²) in [5, 5.41) is 4.14. The lowest BCUT2D eigenvalue weighted by molar-refractivity contribution is 0.389. The van der Waals surface area contributed by atoms with Crippen molar-refractivity contribution in [3.63, 3.8) is 0 Å². The number of nitrogens with zero attached hydrogens (tertiary/aromatic N) is 5. The molecule has 5 aromatic rings. The van der Waals surface area contributed by atoms with Crippen molar-refractivity contribution in [3.8, 4) is 22.5 Å². The molecule has 1 saturated heterocycles. The number of benzene rings is 3. The summed E-state index contributed by atoms with van der Waals surface area (Å²) in [6.45, 7) is 3.44. The maximum absolute atomic E-state index is 5.77. The first-order valence-electron chi connectivity index (χ1n) is 12.4. The normalized spacial score (nSPS) is 13.5. The Bertz CT molecular complexity index is 1520. The average molecular weight is 503 g/mol. The summed E-state index contributed by atoms with van der Waals surface area (Å²) in [5.41, 5.74) is 6.40. The monoisotopic (exact) mass is 502 g/mol. The number of fused-ring (bicyclic) bond motifs is 1. The van der Waals surface area contributed by atoms with Crippen molar-refractivity contribution in [2.45, 2.75) is 0 Å². The van der Waals surface area contributed by atoms with Gasteiger partial charge in [0.2, 0.25) is 0 Å². The molecule has 3 heterocycles. The third-order valence-electron chi connectivity index (χ3n) is 6.55. The Morgan fingerprint density at radius 3 is 1.92 bits per heavy atom. The van der Waals surface area contributed by atoms with Crippen LogP contribution in [0.15, 0.2) is 103 Å². The van der Waals surface area contributed by atoms with Crippen molar-refractivity contribution in [3.05, 3.63) is 103 Å². The van der Waals surface area contributed by atoms with Gasteiger partial charge in [-0.3, -0.25) is 0 Å². The first-order chi connectivity index (χ1) is 18.2. The summed E-state index contributed by atoms with van der Waals surface area (Å²) in [7, 11) is 0. The Labute approximate surface area is 221 Å². The number of rotatable bonds is 4. The van der Waals surface area contributed by atoms with Crippen molar-refractivity contribution in [2.75, 3.05) is 36.4 Å². The maximum atomic E-state index is 5.77. The van der Waals surface area contributed by atoms with Gasteiger partial charge in [0, 0.05) is 49.2 Å². The zero-order valence-corrected chi connectivity index (χ0v) is 21.1. The molecule has 7 heteroatoms. The Balaban J connectivity index is 1.24. The van der Waals surface area contributed by atoms with E-state index in [9.17, 15) is 0 Å². The van der Waals surface area contributed by atoms with Crippen LogP contribution < -0.4 is 10.2 Å². The van der Waals surface area contributed by atoms with Crippen molar-refractivity contribution < 1.29 is 0 Å². The minimum absolute atomic E-state index is 0.720. The molecule has 37 heavy (non-hydrogen) atoms. The summed E-state index contributed by atoms with van der Waals surface area (Å²) in [6.07, 6.45) is 1.84. The van der Waals surface area contributed by atoms with E-state index in [1.54, 1.807) is 0 Å². The molecular weight excluding hydrogens is 476 g/mol. The molecule has 0 unspecified atom stereocenters. The van der Waals surface area contributed by atoms with Crippen LogP contribution in [0.2, 0.25) is 0 Å². The van der Waals surface area contributed by atoms with Crippen LogP contribution in [0.4, 0.5) is 11.5 Å². The zero-order chi connectivity index (χ0) is 25.0. The Hall–Kier alpha value is -4.36. The van der Waals surface area contributed by atoms with E-state index in [0.717, 1.165) is 76.3 Å². The highest BCUT2D eigenvalue weighted by atomic mass is 32.1. The predicted octanol–water partition coefficient (Wildman–Crippen LogP) is 5.88. The standard InChI is InChI=1S/C30H26N6S/c37-30(36-19-17-35(18-20-36)27-13-7-8-16-31-27)32-24-14-15-25-26(21-24)34-29(23-11-5-2-6-12-23)28(33-25)22-9-3-1-4-10-22/h1-16,21H,17-20H2,(H,32,37). The maximum Gasteiger partial charge on any atom is 0.173 e. The Morgan fingerprint density at radius 1 is 0.676 bits per heavy atom. The minimum atomic E-state index is 0.720. The molecule has 0 radical (unpaired) electrons. The molecule has 0 spiro atoms. The zero-order valence-electron chi connectivity index (χ0n) is 20.3. The molecule has 6 nitrogen and oxygen atoms in total. The number of piperazine rings is 1. The van der Waals surface area contributed by atoms with Crippen molar-refractivity contribution in [1.82, 2.24) is 19.9 Å². The van der Waals surface area contributed by atoms with E-state index in [1.165, 1.54) is 0 Å². The largest absolute Gasteiger partial charge is 0.353 e. The third kappa shape index (κ3) is 4.99. The van der Waals surface area contributed by atoms with Gasteiger partial charge in [-0.1, -0.05) is 66.7 Å². The van der Waals surface area contributed by atoms with Crippen molar-refractivity contribution in [1.29, 1.82) is 0 Å². The summed E-state index contributed by atoms with van der Waals surface area (Å²) < 4.78 is 0. The van der Waals surface area contributed by atoms with Crippen LogP contribution >= 0.6 is 12.2 Å². The molecule has 6 rings (SSSR count). The first-order valence-corrected chi connectivity index (χ1v) is 12.8. The summed E-state index contributed by atoms with van der Waals surface area (Å²) >= 11 is 5.77. The highest BCUT2D eigenvalue weighted by Gasteiger charge is 2.20. The second kappa shape index (κ2) is 10.3. The van der Waals surface area contributed by atoms with Crippen LogP contribution in [0.25, 0.3) is 33.5 Å². The van der Waals surface area contributed by atoms with E-state index in [1.807, 2.05) is 72.9 Å². The van der Waals surface area contributed by atoms with Crippen LogP contribution in [0, 0.1) is 0 Å². The quantitative estimate of drug-likeness (QED) is 0.308. The van der Waals surface area contributed by atoms with Gasteiger partial charge in [0.25, 0.3) is 0 Å². The van der Waals surface area contributed by atoms with Gasteiger partial charge in [-0.05, 0) is 42.5 Å². The fraction of sp³-hybridized carbons (Fsp3) is 0.133. The molecule has 1 N–H and O–H groups in total. The van der Waals surface area contributed by atoms with Crippen LogP contribution in [0.1, 0.15) is 0 Å². The number of hydrogen-bond donors (Lipinski definition) is 1. The van der Waals surface area contributed by atoms with Crippen LogP contribution in [-0.4, -0.2) is 51.1 Å². The van der Waals surface area contributed by atoms with Crippen LogP contribution in [-0.2, 0) is 0 Å². The first kappa shape index (κ1) is 23.1. The second-order valence-corrected chi connectivity index (χ2v) is 9.34. The van der Waals surface area contributed by atoms with E-state index in [-0.39, 0.29) is 0 Å². The molecule has 1 fully saturated rings. The summed E-state index contributed by atoms with van der Waals surface area (Å²) in [4.78, 5) is 19.1. The predicted molar refractivity (Wildman–Crippen MR) is 155 cm³/mol. The lowest BCUT2D eigenvalue weighted by atomic mass is 10.0.